The standard InChI is InChI=1S/C17H22FN3O5/c1-19-15(22)5-7-26-14-9-12-10(8-13(14)25-2)16(23)20-6-3-4-11(20)17(24)21(12)18/h8-9,11,17,24H,3-7H2,1-2H3,(H,19,22)/t11-,17?/m0/s1. The molecule has 0 aromatic heterocycles. The fourth-order valence-corrected chi connectivity index (χ4v) is 3.35. The summed E-state index contributed by atoms with van der Waals surface area (Å²) in [5.41, 5.74) is 0.0269. The summed E-state index contributed by atoms with van der Waals surface area (Å²) in [5.74, 6) is -0.0941. The maximum Gasteiger partial charge on any atom is 0.256 e. The largest absolute Gasteiger partial charge is 0.493 e. The number of nitrogens with zero attached hydrogens (tertiary/aromatic N) is 2. The van der Waals surface area contributed by atoms with Gasteiger partial charge in [0.05, 0.1) is 37.4 Å². The molecule has 1 unspecified atom stereocenters. The van der Waals surface area contributed by atoms with E-state index in [0.717, 1.165) is 0 Å². The molecule has 2 N–H and O–H groups in total. The molecule has 1 aromatic rings. The topological polar surface area (TPSA) is 91.3 Å². The number of halogens is 1. The van der Waals surface area contributed by atoms with Crippen molar-refractivity contribution < 1.29 is 28.7 Å². The van der Waals surface area contributed by atoms with Crippen LogP contribution in [0.4, 0.5) is 10.2 Å². The van der Waals surface area contributed by atoms with Crippen LogP contribution >= 0.6 is 0 Å². The fraction of sp³-hybridized carbons (Fsp3) is 0.529. The van der Waals surface area contributed by atoms with E-state index in [1.165, 1.54) is 31.2 Å². The van der Waals surface area contributed by atoms with E-state index < -0.39 is 12.3 Å². The summed E-state index contributed by atoms with van der Waals surface area (Å²) in [6.07, 6.45) is -0.0783. The van der Waals surface area contributed by atoms with Crippen LogP contribution in [0.15, 0.2) is 12.1 Å². The summed E-state index contributed by atoms with van der Waals surface area (Å²) >= 11 is 0. The van der Waals surface area contributed by atoms with Gasteiger partial charge in [0.1, 0.15) is 0 Å². The van der Waals surface area contributed by atoms with E-state index in [0.29, 0.717) is 19.4 Å². The number of hydrogen-bond acceptors (Lipinski definition) is 6. The molecule has 2 atom stereocenters. The predicted octanol–water partition coefficient (Wildman–Crippen LogP) is 0.838. The Kier molecular flexibility index (Phi) is 5.17. The first-order valence-corrected chi connectivity index (χ1v) is 8.47. The second-order valence-corrected chi connectivity index (χ2v) is 6.22. The molecule has 1 aromatic carbocycles. The lowest BCUT2D eigenvalue weighted by atomic mass is 10.1. The SMILES string of the molecule is CNC(=O)CCOc1cc2c(cc1OC)C(=O)N1CCC[C@H]1C(O)N2F. The zero-order valence-corrected chi connectivity index (χ0v) is 14.7. The molecule has 1 fully saturated rings. The monoisotopic (exact) mass is 367 g/mol. The van der Waals surface area contributed by atoms with E-state index in [1.807, 2.05) is 0 Å². The average molecular weight is 367 g/mol. The van der Waals surface area contributed by atoms with Crippen molar-refractivity contribution >= 4 is 17.5 Å². The molecule has 9 heteroatoms. The molecule has 2 aliphatic rings. The summed E-state index contributed by atoms with van der Waals surface area (Å²) in [4.78, 5) is 25.6. The number of benzene rings is 1. The lowest BCUT2D eigenvalue weighted by molar-refractivity contribution is -0.121. The average Bonchev–Trinajstić information content (AvgIpc) is 3.12. The molecule has 0 spiro atoms. The molecule has 8 nitrogen and oxygen atoms in total. The van der Waals surface area contributed by atoms with Gasteiger partial charge < -0.3 is 24.8 Å². The predicted molar refractivity (Wildman–Crippen MR) is 90.8 cm³/mol. The van der Waals surface area contributed by atoms with Crippen LogP contribution in [0, 0.1) is 0 Å². The third-order valence-corrected chi connectivity index (χ3v) is 4.74. The van der Waals surface area contributed by atoms with E-state index in [4.69, 9.17) is 9.47 Å². The number of hydrogen-bond donors (Lipinski definition) is 2. The number of fused-ring (bicyclic) bond motifs is 2. The molecule has 1 saturated heterocycles. The highest BCUT2D eigenvalue weighted by molar-refractivity contribution is 6.01. The van der Waals surface area contributed by atoms with Crippen molar-refractivity contribution in [2.45, 2.75) is 31.5 Å². The van der Waals surface area contributed by atoms with Gasteiger partial charge >= 0.3 is 0 Å². The number of anilines is 1. The lowest BCUT2D eigenvalue weighted by Crippen LogP contribution is -2.45. The van der Waals surface area contributed by atoms with Crippen LogP contribution in [0.25, 0.3) is 0 Å². The maximum absolute atomic E-state index is 14.8. The van der Waals surface area contributed by atoms with E-state index in [2.05, 4.69) is 5.32 Å². The smallest absolute Gasteiger partial charge is 0.256 e. The molecule has 0 saturated carbocycles. The molecule has 0 radical (unpaired) electrons. The fourth-order valence-electron chi connectivity index (χ4n) is 3.35. The Labute approximate surface area is 150 Å². The van der Waals surface area contributed by atoms with Crippen molar-refractivity contribution in [3.63, 3.8) is 0 Å². The van der Waals surface area contributed by atoms with Gasteiger partial charge in [0.2, 0.25) is 5.91 Å². The summed E-state index contributed by atoms with van der Waals surface area (Å²) < 4.78 is 25.6. The number of carbonyl (C=O) groups is 2. The molecule has 0 aliphatic carbocycles. The second kappa shape index (κ2) is 7.36. The van der Waals surface area contributed by atoms with E-state index in [-0.39, 0.29) is 52.7 Å². The van der Waals surface area contributed by atoms with Crippen LogP contribution in [-0.2, 0) is 4.79 Å². The van der Waals surface area contributed by atoms with Crippen LogP contribution in [0.2, 0.25) is 0 Å². The minimum Gasteiger partial charge on any atom is -0.493 e. The maximum atomic E-state index is 14.8. The van der Waals surface area contributed by atoms with Gasteiger partial charge in [0.25, 0.3) is 5.91 Å². The van der Waals surface area contributed by atoms with Gasteiger partial charge in [0.15, 0.2) is 17.7 Å². The van der Waals surface area contributed by atoms with Crippen molar-refractivity contribution in [1.82, 2.24) is 10.2 Å². The Morgan fingerprint density at radius 2 is 2.19 bits per heavy atom. The molecule has 26 heavy (non-hydrogen) atoms. The summed E-state index contributed by atoms with van der Waals surface area (Å²) in [6.45, 7) is 0.535. The van der Waals surface area contributed by atoms with Crippen LogP contribution in [-0.4, -0.2) is 61.4 Å². The first-order valence-electron chi connectivity index (χ1n) is 8.47. The molecule has 3 rings (SSSR count). The highest BCUT2D eigenvalue weighted by Gasteiger charge is 2.43. The van der Waals surface area contributed by atoms with E-state index >= 15 is 0 Å². The van der Waals surface area contributed by atoms with Crippen LogP contribution in [0.5, 0.6) is 11.5 Å². The zero-order chi connectivity index (χ0) is 18.8. The number of ether oxygens (including phenoxy) is 2. The van der Waals surface area contributed by atoms with Crippen molar-refractivity contribution in [2.24, 2.45) is 0 Å². The first-order chi connectivity index (χ1) is 12.5. The number of aliphatic hydroxyl groups is 1. The van der Waals surface area contributed by atoms with Gasteiger partial charge in [0, 0.05) is 19.7 Å². The van der Waals surface area contributed by atoms with Gasteiger partial charge in [-0.3, -0.25) is 9.59 Å². The summed E-state index contributed by atoms with van der Waals surface area (Å²) in [6, 6.07) is 2.14. The summed E-state index contributed by atoms with van der Waals surface area (Å²) in [7, 11) is 2.93. The molecular weight excluding hydrogens is 345 g/mol. The van der Waals surface area contributed by atoms with Gasteiger partial charge in [-0.05, 0) is 18.9 Å². The van der Waals surface area contributed by atoms with E-state index in [1.54, 1.807) is 0 Å². The van der Waals surface area contributed by atoms with Crippen molar-refractivity contribution in [1.29, 1.82) is 0 Å². The highest BCUT2D eigenvalue weighted by Crippen LogP contribution is 2.41. The number of rotatable bonds is 5. The highest BCUT2D eigenvalue weighted by atomic mass is 19.2. The van der Waals surface area contributed by atoms with E-state index in [9.17, 15) is 19.2 Å². The van der Waals surface area contributed by atoms with Crippen molar-refractivity contribution in [3.8, 4) is 11.5 Å². The Morgan fingerprint density at radius 3 is 2.88 bits per heavy atom. The third-order valence-electron chi connectivity index (χ3n) is 4.74. The van der Waals surface area contributed by atoms with Gasteiger partial charge in [-0.2, -0.15) is 5.12 Å². The van der Waals surface area contributed by atoms with Crippen molar-refractivity contribution in [2.75, 3.05) is 32.4 Å². The number of nitrogens with one attached hydrogen (secondary N) is 1. The van der Waals surface area contributed by atoms with Crippen LogP contribution < -0.4 is 19.9 Å². The molecule has 0 bridgehead atoms. The summed E-state index contributed by atoms with van der Waals surface area (Å²) in [5, 5.41) is 13.0. The van der Waals surface area contributed by atoms with Gasteiger partial charge in [-0.1, -0.05) is 4.48 Å². The second-order valence-electron chi connectivity index (χ2n) is 6.22. The lowest BCUT2D eigenvalue weighted by Gasteiger charge is -2.27. The molecule has 2 heterocycles. The normalized spacial score (nSPS) is 21.8. The number of methoxy groups -OCH3 is 1. The van der Waals surface area contributed by atoms with Crippen LogP contribution in [0.1, 0.15) is 29.6 Å². The van der Waals surface area contributed by atoms with Crippen LogP contribution in [0.3, 0.4) is 0 Å². The molecule has 142 valence electrons. The Balaban J connectivity index is 1.94. The minimum absolute atomic E-state index is 0.0619. The first kappa shape index (κ1) is 18.2. The Hall–Kier alpha value is -2.55. The van der Waals surface area contributed by atoms with Gasteiger partial charge in [-0.25, -0.2) is 0 Å². The minimum atomic E-state index is -1.45. The zero-order valence-electron chi connectivity index (χ0n) is 14.7. The number of carbonyl (C=O) groups excluding carboxylic acids is 2. The Morgan fingerprint density at radius 1 is 1.42 bits per heavy atom. The molecule has 2 amide bonds. The molecule has 2 aliphatic heterocycles. The van der Waals surface area contributed by atoms with Gasteiger partial charge in [-0.15, -0.1) is 0 Å². The quantitative estimate of drug-likeness (QED) is 0.750. The number of amides is 2. The third kappa shape index (κ3) is 3.14. The number of aliphatic hydroxyl groups excluding tert-OH is 1. The van der Waals surface area contributed by atoms with Crippen molar-refractivity contribution in [3.05, 3.63) is 17.7 Å². The Bertz CT molecular complexity index is 714. The molecular formula is C17H22FN3O5.